The van der Waals surface area contributed by atoms with Crippen LogP contribution < -0.4 is 5.32 Å². The van der Waals surface area contributed by atoms with Crippen molar-refractivity contribution >= 4 is 23.8 Å². The van der Waals surface area contributed by atoms with E-state index in [-0.39, 0.29) is 6.42 Å². The van der Waals surface area contributed by atoms with Crippen LogP contribution in [0.2, 0.25) is 0 Å². The summed E-state index contributed by atoms with van der Waals surface area (Å²) in [5.74, 6) is -2.30. The number of hydrogen-bond acceptors (Lipinski definition) is 7. The van der Waals surface area contributed by atoms with E-state index in [2.05, 4.69) is 5.32 Å². The second kappa shape index (κ2) is 7.05. The highest BCUT2D eigenvalue weighted by atomic mass is 16.6. The van der Waals surface area contributed by atoms with E-state index in [1.165, 1.54) is 20.8 Å². The number of esters is 3. The molecule has 1 aliphatic heterocycles. The van der Waals surface area contributed by atoms with Crippen molar-refractivity contribution in [1.82, 2.24) is 5.32 Å². The van der Waals surface area contributed by atoms with Gasteiger partial charge in [0.25, 0.3) is 5.91 Å². The molecule has 21 heavy (non-hydrogen) atoms. The lowest BCUT2D eigenvalue weighted by molar-refractivity contribution is -0.169. The normalized spacial score (nSPS) is 28.9. The molecule has 0 aromatic carbocycles. The Kier molecular flexibility index (Phi) is 5.69. The fraction of sp³-hybridized carbons (Fsp3) is 0.692. The molecule has 1 heterocycles. The maximum absolute atomic E-state index is 12.0. The molecule has 0 bridgehead atoms. The van der Waals surface area contributed by atoms with Crippen LogP contribution in [0.5, 0.6) is 0 Å². The molecule has 0 spiro atoms. The van der Waals surface area contributed by atoms with Gasteiger partial charge in [0.1, 0.15) is 6.10 Å². The highest BCUT2D eigenvalue weighted by molar-refractivity contribution is 5.84. The molecule has 1 N–H and O–H groups in total. The smallest absolute Gasteiger partial charge is 0.303 e. The molecule has 118 valence electrons. The molecule has 1 fully saturated rings. The molecule has 0 aromatic heterocycles. The maximum atomic E-state index is 12.0. The molecular weight excluding hydrogens is 282 g/mol. The van der Waals surface area contributed by atoms with Gasteiger partial charge >= 0.3 is 17.9 Å². The minimum Gasteiger partial charge on any atom is -0.458 e. The molecule has 1 amide bonds. The molecule has 0 radical (unpaired) electrons. The van der Waals surface area contributed by atoms with E-state index in [1.54, 1.807) is 6.92 Å². The Morgan fingerprint density at radius 3 is 2.00 bits per heavy atom. The van der Waals surface area contributed by atoms with Gasteiger partial charge in [-0.1, -0.05) is 0 Å². The van der Waals surface area contributed by atoms with Crippen molar-refractivity contribution in [2.24, 2.45) is 0 Å². The minimum absolute atomic E-state index is 0.0761. The topological polar surface area (TPSA) is 108 Å². The summed E-state index contributed by atoms with van der Waals surface area (Å²) in [5, 5.41) is 2.57. The number of nitrogens with one attached hydrogen (secondary N) is 1. The van der Waals surface area contributed by atoms with E-state index in [1.807, 2.05) is 0 Å². The summed E-state index contributed by atoms with van der Waals surface area (Å²) in [6.45, 7) is 5.20. The van der Waals surface area contributed by atoms with Crippen LogP contribution >= 0.6 is 0 Å². The molecular formula is C13H19NO7. The Morgan fingerprint density at radius 2 is 1.52 bits per heavy atom. The monoisotopic (exact) mass is 301 g/mol. The van der Waals surface area contributed by atoms with E-state index in [4.69, 9.17) is 14.2 Å². The average Bonchev–Trinajstić information content (AvgIpc) is 2.40. The molecule has 1 rings (SSSR count). The number of carbonyl (C=O) groups excluding carboxylic acids is 4. The van der Waals surface area contributed by atoms with Crippen LogP contribution in [0.25, 0.3) is 0 Å². The van der Waals surface area contributed by atoms with Gasteiger partial charge in [-0.3, -0.25) is 19.2 Å². The highest BCUT2D eigenvalue weighted by Crippen LogP contribution is 2.21. The number of amides is 1. The van der Waals surface area contributed by atoms with Gasteiger partial charge in [-0.25, -0.2) is 0 Å². The second-order valence-corrected chi connectivity index (χ2v) is 4.85. The van der Waals surface area contributed by atoms with Gasteiger partial charge in [0.05, 0.1) is 6.04 Å². The van der Waals surface area contributed by atoms with Crippen molar-refractivity contribution in [3.8, 4) is 0 Å². The van der Waals surface area contributed by atoms with Gasteiger partial charge in [0.2, 0.25) is 0 Å². The summed E-state index contributed by atoms with van der Waals surface area (Å²) in [7, 11) is 0. The van der Waals surface area contributed by atoms with E-state index in [9.17, 15) is 19.2 Å². The van der Waals surface area contributed by atoms with Crippen molar-refractivity contribution in [2.75, 3.05) is 0 Å². The van der Waals surface area contributed by atoms with Gasteiger partial charge in [-0.05, 0) is 6.92 Å². The van der Waals surface area contributed by atoms with E-state index in [0.717, 1.165) is 0 Å². The fourth-order valence-electron chi connectivity index (χ4n) is 2.17. The number of rotatable bonds is 3. The molecule has 1 saturated heterocycles. The van der Waals surface area contributed by atoms with Gasteiger partial charge < -0.3 is 19.5 Å². The molecule has 3 unspecified atom stereocenters. The van der Waals surface area contributed by atoms with Gasteiger partial charge in [0, 0.05) is 27.2 Å². The largest absolute Gasteiger partial charge is 0.458 e. The molecule has 8 heteroatoms. The van der Waals surface area contributed by atoms with Crippen LogP contribution in [0.3, 0.4) is 0 Å². The quantitative estimate of drug-likeness (QED) is 0.562. The maximum Gasteiger partial charge on any atom is 0.303 e. The Bertz CT molecular complexity index is 448. The molecule has 0 aromatic rings. The first kappa shape index (κ1) is 16.9. The van der Waals surface area contributed by atoms with Crippen molar-refractivity contribution in [2.45, 2.75) is 58.5 Å². The summed E-state index contributed by atoms with van der Waals surface area (Å²) in [6.07, 6.45) is -2.91. The molecule has 1 aliphatic rings. The number of hydrogen-bond donors (Lipinski definition) is 1. The van der Waals surface area contributed by atoms with Crippen LogP contribution in [0.1, 0.15) is 34.1 Å². The van der Waals surface area contributed by atoms with Crippen molar-refractivity contribution in [3.63, 3.8) is 0 Å². The van der Waals surface area contributed by atoms with Crippen molar-refractivity contribution in [3.05, 3.63) is 0 Å². The third-order valence-corrected chi connectivity index (χ3v) is 2.90. The molecule has 8 nitrogen and oxygen atoms in total. The summed E-state index contributed by atoms with van der Waals surface area (Å²) >= 11 is 0. The first-order chi connectivity index (χ1) is 9.70. The van der Waals surface area contributed by atoms with E-state index in [0.29, 0.717) is 0 Å². The van der Waals surface area contributed by atoms with Crippen LogP contribution in [0.15, 0.2) is 0 Å². The lowest BCUT2D eigenvalue weighted by Gasteiger charge is -2.28. The SMILES string of the molecule is CC(=O)OC1CC(OC(C)=O)[C@H](OC(C)=O)C(C)NC1=O. The second-order valence-electron chi connectivity index (χ2n) is 4.85. The third kappa shape index (κ3) is 5.05. The standard InChI is InChI=1S/C13H19NO7/c1-6-12(21-9(4)17)10(19-7(2)15)5-11(13(18)14-6)20-8(3)16/h6,10-12H,5H2,1-4H3,(H,14,18)/t6?,10?,11?,12-/m1/s1. The highest BCUT2D eigenvalue weighted by Gasteiger charge is 2.41. The van der Waals surface area contributed by atoms with Crippen molar-refractivity contribution in [1.29, 1.82) is 0 Å². The van der Waals surface area contributed by atoms with Crippen LogP contribution in [-0.2, 0) is 33.4 Å². The zero-order chi connectivity index (χ0) is 16.2. The third-order valence-electron chi connectivity index (χ3n) is 2.90. The predicted octanol–water partition coefficient (Wildman–Crippen LogP) is -0.310. The Hall–Kier alpha value is -2.12. The predicted molar refractivity (Wildman–Crippen MR) is 68.9 cm³/mol. The fourth-order valence-corrected chi connectivity index (χ4v) is 2.17. The summed E-state index contributed by atoms with van der Waals surface area (Å²) < 4.78 is 15.2. The van der Waals surface area contributed by atoms with Crippen LogP contribution in [0.4, 0.5) is 0 Å². The Morgan fingerprint density at radius 1 is 1.00 bits per heavy atom. The first-order valence-electron chi connectivity index (χ1n) is 6.52. The minimum atomic E-state index is -1.10. The van der Waals surface area contributed by atoms with Crippen molar-refractivity contribution < 1.29 is 33.4 Å². The van der Waals surface area contributed by atoms with Gasteiger partial charge in [-0.2, -0.15) is 0 Å². The zero-order valence-corrected chi connectivity index (χ0v) is 12.4. The van der Waals surface area contributed by atoms with Gasteiger partial charge in [0.15, 0.2) is 12.2 Å². The summed E-state index contributed by atoms with van der Waals surface area (Å²) in [5.41, 5.74) is 0. The zero-order valence-electron chi connectivity index (χ0n) is 12.4. The van der Waals surface area contributed by atoms with Crippen LogP contribution in [-0.4, -0.2) is 48.2 Å². The lowest BCUT2D eigenvalue weighted by atomic mass is 10.0. The molecule has 0 aliphatic carbocycles. The van der Waals surface area contributed by atoms with Gasteiger partial charge in [-0.15, -0.1) is 0 Å². The van der Waals surface area contributed by atoms with E-state index >= 15 is 0 Å². The lowest BCUT2D eigenvalue weighted by Crippen LogP contribution is -2.47. The number of carbonyl (C=O) groups is 4. The number of ether oxygens (including phenoxy) is 3. The molecule has 4 atom stereocenters. The van der Waals surface area contributed by atoms with E-state index < -0.39 is 48.2 Å². The Labute approximate surface area is 122 Å². The Balaban J connectivity index is 3.01. The van der Waals surface area contributed by atoms with Crippen LogP contribution in [0, 0.1) is 0 Å². The first-order valence-corrected chi connectivity index (χ1v) is 6.52. The summed E-state index contributed by atoms with van der Waals surface area (Å²) in [4.78, 5) is 45.4. The molecule has 0 saturated carbocycles. The summed E-state index contributed by atoms with van der Waals surface area (Å²) in [6, 6.07) is -0.591. The average molecular weight is 301 g/mol.